The second-order valence-corrected chi connectivity index (χ2v) is 7.32. The molecule has 0 aromatic carbocycles. The van der Waals surface area contributed by atoms with Crippen molar-refractivity contribution in [2.75, 3.05) is 13.1 Å². The highest BCUT2D eigenvalue weighted by atomic mass is 32.1. The van der Waals surface area contributed by atoms with Crippen LogP contribution in [0.1, 0.15) is 60.3 Å². The van der Waals surface area contributed by atoms with Gasteiger partial charge in [-0.1, -0.05) is 12.1 Å². The van der Waals surface area contributed by atoms with Gasteiger partial charge in [0, 0.05) is 11.6 Å². The van der Waals surface area contributed by atoms with Crippen molar-refractivity contribution in [2.24, 2.45) is 0 Å². The van der Waals surface area contributed by atoms with Gasteiger partial charge in [-0.15, -0.1) is 16.4 Å². The zero-order valence-electron chi connectivity index (χ0n) is 14.4. The summed E-state index contributed by atoms with van der Waals surface area (Å²) in [5.41, 5.74) is 0.748. The Balaban J connectivity index is 1.79. The molecule has 7 nitrogen and oxygen atoms in total. The van der Waals surface area contributed by atoms with Crippen molar-refractivity contribution >= 4 is 17.2 Å². The lowest BCUT2D eigenvalue weighted by Crippen LogP contribution is -2.43. The zero-order chi connectivity index (χ0) is 17.2. The van der Waals surface area contributed by atoms with Crippen LogP contribution < -0.4 is 10.6 Å². The molecule has 24 heavy (non-hydrogen) atoms. The van der Waals surface area contributed by atoms with Gasteiger partial charge in [0.2, 0.25) is 0 Å². The Labute approximate surface area is 145 Å². The fourth-order valence-electron chi connectivity index (χ4n) is 3.05. The Morgan fingerprint density at radius 1 is 1.50 bits per heavy atom. The Kier molecular flexibility index (Phi) is 4.96. The molecule has 1 saturated heterocycles. The fourth-order valence-corrected chi connectivity index (χ4v) is 3.88. The third kappa shape index (κ3) is 3.21. The summed E-state index contributed by atoms with van der Waals surface area (Å²) in [7, 11) is 0. The molecule has 1 aliphatic rings. The smallest absolute Gasteiger partial charge is 0.274 e. The summed E-state index contributed by atoms with van der Waals surface area (Å²) in [6.07, 6.45) is 4.54. The van der Waals surface area contributed by atoms with Crippen LogP contribution in [0.15, 0.2) is 11.6 Å². The molecule has 2 aromatic rings. The molecule has 1 aliphatic heterocycles. The molecule has 0 spiro atoms. The summed E-state index contributed by atoms with van der Waals surface area (Å²) in [6, 6.07) is 0.317. The highest BCUT2D eigenvalue weighted by Gasteiger charge is 2.32. The van der Waals surface area contributed by atoms with Crippen molar-refractivity contribution in [3.8, 4) is 0 Å². The van der Waals surface area contributed by atoms with E-state index >= 15 is 0 Å². The van der Waals surface area contributed by atoms with Gasteiger partial charge < -0.3 is 10.6 Å². The molecule has 2 N–H and O–H groups in total. The quantitative estimate of drug-likeness (QED) is 0.863. The van der Waals surface area contributed by atoms with E-state index in [-0.39, 0.29) is 5.91 Å². The summed E-state index contributed by atoms with van der Waals surface area (Å²) in [6.45, 7) is 7.91. The van der Waals surface area contributed by atoms with Crippen molar-refractivity contribution in [3.05, 3.63) is 28.0 Å². The maximum atomic E-state index is 12.8. The molecule has 3 rings (SSSR count). The molecule has 0 radical (unpaired) electrons. The molecule has 3 heterocycles. The summed E-state index contributed by atoms with van der Waals surface area (Å²) in [5, 5.41) is 17.7. The minimum Gasteiger partial charge on any atom is -0.339 e. The summed E-state index contributed by atoms with van der Waals surface area (Å²) in [5.74, 6) is -0.188. The van der Waals surface area contributed by atoms with Gasteiger partial charge in [0.1, 0.15) is 5.01 Å². The van der Waals surface area contributed by atoms with Crippen LogP contribution in [0.4, 0.5) is 0 Å². The molecular weight excluding hydrogens is 324 g/mol. The molecule has 0 bridgehead atoms. The van der Waals surface area contributed by atoms with Crippen LogP contribution >= 0.6 is 11.3 Å². The predicted octanol–water partition coefficient (Wildman–Crippen LogP) is 2.02. The van der Waals surface area contributed by atoms with E-state index in [2.05, 4.69) is 25.9 Å². The average Bonchev–Trinajstić information content (AvgIpc) is 3.25. The summed E-state index contributed by atoms with van der Waals surface area (Å²) in [4.78, 5) is 17.1. The number of hydrogen-bond acceptors (Lipinski definition) is 6. The monoisotopic (exact) mass is 348 g/mol. The molecule has 0 saturated carbocycles. The van der Waals surface area contributed by atoms with Crippen LogP contribution in [0.25, 0.3) is 0 Å². The van der Waals surface area contributed by atoms with Crippen molar-refractivity contribution in [3.63, 3.8) is 0 Å². The highest BCUT2D eigenvalue weighted by Crippen LogP contribution is 2.27. The van der Waals surface area contributed by atoms with Crippen LogP contribution in [-0.2, 0) is 5.54 Å². The second-order valence-electron chi connectivity index (χ2n) is 6.43. The molecule has 1 atom stereocenters. The first kappa shape index (κ1) is 17.0. The normalized spacial score (nSPS) is 18.3. The molecule has 0 aliphatic carbocycles. The SMILES string of the molecule is CCC(C)(NC(=O)c1nnn(C2CCNCC2)c1C)c1nccs1. The third-order valence-corrected chi connectivity index (χ3v) is 5.83. The number of nitrogens with one attached hydrogen (secondary N) is 2. The van der Waals surface area contributed by atoms with E-state index in [4.69, 9.17) is 0 Å². The standard InChI is InChI=1S/C16H24N6OS/c1-4-16(3,15-18-9-10-24-15)19-14(23)13-11(2)22(21-20-13)12-5-7-17-8-6-12/h9-10,12,17H,4-8H2,1-3H3,(H,19,23). The van der Waals surface area contributed by atoms with E-state index in [1.54, 1.807) is 17.5 Å². The third-order valence-electron chi connectivity index (χ3n) is 4.80. The minimum absolute atomic E-state index is 0.188. The fraction of sp³-hybridized carbons (Fsp3) is 0.625. The highest BCUT2D eigenvalue weighted by molar-refractivity contribution is 7.09. The lowest BCUT2D eigenvalue weighted by Gasteiger charge is -2.27. The van der Waals surface area contributed by atoms with E-state index < -0.39 is 5.54 Å². The lowest BCUT2D eigenvalue weighted by molar-refractivity contribution is 0.0896. The predicted molar refractivity (Wildman–Crippen MR) is 93.1 cm³/mol. The molecule has 1 fully saturated rings. The maximum Gasteiger partial charge on any atom is 0.274 e. The number of hydrogen-bond donors (Lipinski definition) is 2. The number of aromatic nitrogens is 4. The molecule has 1 amide bonds. The van der Waals surface area contributed by atoms with Crippen LogP contribution in [0.3, 0.4) is 0 Å². The van der Waals surface area contributed by atoms with Gasteiger partial charge in [0.05, 0.1) is 17.3 Å². The lowest BCUT2D eigenvalue weighted by atomic mass is 9.99. The number of carbonyl (C=O) groups excluding carboxylic acids is 1. The topological polar surface area (TPSA) is 84.7 Å². The van der Waals surface area contributed by atoms with Crippen LogP contribution in [0.5, 0.6) is 0 Å². The van der Waals surface area contributed by atoms with Crippen molar-refractivity contribution in [2.45, 2.75) is 51.6 Å². The largest absolute Gasteiger partial charge is 0.339 e. The van der Waals surface area contributed by atoms with Crippen LogP contribution in [-0.4, -0.2) is 39.0 Å². The van der Waals surface area contributed by atoms with E-state index in [9.17, 15) is 4.79 Å². The van der Waals surface area contributed by atoms with Gasteiger partial charge in [0.15, 0.2) is 5.69 Å². The van der Waals surface area contributed by atoms with E-state index in [0.29, 0.717) is 11.7 Å². The number of nitrogens with zero attached hydrogens (tertiary/aromatic N) is 4. The summed E-state index contributed by atoms with van der Waals surface area (Å²) < 4.78 is 1.91. The van der Waals surface area contributed by atoms with E-state index in [1.807, 2.05) is 30.8 Å². The summed E-state index contributed by atoms with van der Waals surface area (Å²) >= 11 is 1.55. The first-order valence-electron chi connectivity index (χ1n) is 8.40. The molecule has 130 valence electrons. The Bertz CT molecular complexity index is 691. The second kappa shape index (κ2) is 6.98. The minimum atomic E-state index is -0.490. The average molecular weight is 348 g/mol. The van der Waals surface area contributed by atoms with Crippen molar-refractivity contribution in [1.82, 2.24) is 30.6 Å². The number of rotatable bonds is 5. The van der Waals surface area contributed by atoms with Crippen molar-refractivity contribution in [1.29, 1.82) is 0 Å². The van der Waals surface area contributed by atoms with Gasteiger partial charge >= 0.3 is 0 Å². The van der Waals surface area contributed by atoms with E-state index in [0.717, 1.165) is 43.1 Å². The van der Waals surface area contributed by atoms with Gasteiger partial charge in [-0.3, -0.25) is 4.79 Å². The van der Waals surface area contributed by atoms with Crippen LogP contribution in [0, 0.1) is 6.92 Å². The number of piperidine rings is 1. The number of amides is 1. The van der Waals surface area contributed by atoms with Gasteiger partial charge in [-0.25, -0.2) is 9.67 Å². The maximum absolute atomic E-state index is 12.8. The van der Waals surface area contributed by atoms with Gasteiger partial charge in [-0.2, -0.15) is 0 Å². The number of thiazole rings is 1. The molecule has 2 aromatic heterocycles. The number of carbonyl (C=O) groups is 1. The Morgan fingerprint density at radius 3 is 2.88 bits per heavy atom. The molecular formula is C16H24N6OS. The van der Waals surface area contributed by atoms with Gasteiger partial charge in [-0.05, 0) is 46.2 Å². The van der Waals surface area contributed by atoms with E-state index in [1.165, 1.54) is 0 Å². The van der Waals surface area contributed by atoms with Gasteiger partial charge in [0.25, 0.3) is 5.91 Å². The van der Waals surface area contributed by atoms with Crippen LogP contribution in [0.2, 0.25) is 0 Å². The zero-order valence-corrected chi connectivity index (χ0v) is 15.2. The first-order chi connectivity index (χ1) is 11.5. The Hall–Kier alpha value is -1.80. The first-order valence-corrected chi connectivity index (χ1v) is 9.28. The molecule has 8 heteroatoms. The Morgan fingerprint density at radius 2 is 2.25 bits per heavy atom. The molecule has 1 unspecified atom stereocenters. The van der Waals surface area contributed by atoms with Crippen molar-refractivity contribution < 1.29 is 4.79 Å².